The van der Waals surface area contributed by atoms with Gasteiger partial charge in [-0.1, -0.05) is 30.7 Å². The van der Waals surface area contributed by atoms with Crippen LogP contribution < -0.4 is 20.1 Å². The van der Waals surface area contributed by atoms with Crippen molar-refractivity contribution in [3.63, 3.8) is 0 Å². The lowest BCUT2D eigenvalue weighted by Gasteiger charge is -2.14. The number of ether oxygens (including phenoxy) is 1. The zero-order valence-corrected chi connectivity index (χ0v) is 19.3. The summed E-state index contributed by atoms with van der Waals surface area (Å²) in [6.45, 7) is 2.19. The number of carbonyl (C=O) groups excluding carboxylic acids is 1. The topological polar surface area (TPSA) is 96.5 Å². The monoisotopic (exact) mass is 469 g/mol. The molecule has 0 atom stereocenters. The van der Waals surface area contributed by atoms with Gasteiger partial charge >= 0.3 is 0 Å². The Morgan fingerprint density at radius 1 is 1.20 bits per heavy atom. The molecule has 1 amide bonds. The van der Waals surface area contributed by atoms with Crippen LogP contribution in [0.4, 0.5) is 0 Å². The second-order valence-corrected chi connectivity index (χ2v) is 8.83. The predicted octanol–water partition coefficient (Wildman–Crippen LogP) is 2.67. The number of nitrogens with one attached hydrogen (secondary N) is 3. The van der Waals surface area contributed by atoms with E-state index in [0.29, 0.717) is 41.3 Å². The number of halogens is 1. The molecule has 162 valence electrons. The quantitative estimate of drug-likeness (QED) is 0.514. The Kier molecular flexibility index (Phi) is 8.45. The first kappa shape index (κ1) is 23.9. The second-order valence-electron chi connectivity index (χ2n) is 6.33. The lowest BCUT2D eigenvalue weighted by molar-refractivity contribution is 0.0951. The smallest absolute Gasteiger partial charge is 0.263 e. The summed E-state index contributed by atoms with van der Waals surface area (Å²) in [5, 5.41) is 5.84. The van der Waals surface area contributed by atoms with Crippen LogP contribution in [0.25, 0.3) is 0 Å². The molecule has 0 aliphatic rings. The zero-order valence-electron chi connectivity index (χ0n) is 16.9. The van der Waals surface area contributed by atoms with Crippen LogP contribution in [0.15, 0.2) is 41.3 Å². The lowest BCUT2D eigenvalue weighted by atomic mass is 10.1. The maximum atomic E-state index is 12.7. The fourth-order valence-electron chi connectivity index (χ4n) is 2.80. The largest absolute Gasteiger partial charge is 0.496 e. The third-order valence-corrected chi connectivity index (χ3v) is 6.46. The third kappa shape index (κ3) is 6.07. The van der Waals surface area contributed by atoms with E-state index in [0.717, 1.165) is 5.56 Å². The molecule has 2 rings (SSSR count). The summed E-state index contributed by atoms with van der Waals surface area (Å²) in [7, 11) is -0.789. The molecule has 7 nitrogen and oxygen atoms in total. The first-order valence-corrected chi connectivity index (χ1v) is 11.5. The summed E-state index contributed by atoms with van der Waals surface area (Å²) >= 11 is 10.9. The van der Waals surface area contributed by atoms with Gasteiger partial charge in [-0.05, 0) is 60.5 Å². The number of carbonyl (C=O) groups is 1. The summed E-state index contributed by atoms with van der Waals surface area (Å²) in [6, 6.07) is 10.0. The van der Waals surface area contributed by atoms with Crippen LogP contribution in [0.2, 0.25) is 5.02 Å². The van der Waals surface area contributed by atoms with Gasteiger partial charge in [-0.3, -0.25) is 9.52 Å². The molecule has 3 N–H and O–H groups in total. The van der Waals surface area contributed by atoms with Crippen molar-refractivity contribution in [2.75, 3.05) is 20.7 Å². The number of hydrogen-bond donors (Lipinski definition) is 3. The number of thiocarbonyl (C=S) groups is 1. The zero-order chi connectivity index (χ0) is 22.3. The van der Waals surface area contributed by atoms with Gasteiger partial charge in [0.25, 0.3) is 15.9 Å². The van der Waals surface area contributed by atoms with E-state index < -0.39 is 10.0 Å². The maximum Gasteiger partial charge on any atom is 0.263 e. The van der Waals surface area contributed by atoms with Crippen molar-refractivity contribution in [2.24, 2.45) is 0 Å². The first-order chi connectivity index (χ1) is 14.2. The van der Waals surface area contributed by atoms with Gasteiger partial charge in [0.05, 0.1) is 17.6 Å². The molecule has 0 radical (unpaired) electrons. The highest BCUT2D eigenvalue weighted by atomic mass is 35.5. The molecule has 0 spiro atoms. The molecule has 0 aromatic heterocycles. The number of amides is 1. The molecule has 0 fully saturated rings. The maximum absolute atomic E-state index is 12.7. The third-order valence-electron chi connectivity index (χ3n) is 4.36. The molecule has 0 unspecified atom stereocenters. The van der Waals surface area contributed by atoms with E-state index in [1.54, 1.807) is 31.3 Å². The normalized spacial score (nSPS) is 10.9. The standard InChI is InChI=1S/C20H24ClN3O4S2/c1-4-14-6-5-13(11-18(14)30(26,27)24-20(29)22-2)9-10-23-19(25)16-12-15(21)7-8-17(16)28-3/h5-8,11-12H,4,9-10H2,1-3H3,(H,23,25)(H2,22,24,29). The molecule has 10 heteroatoms. The van der Waals surface area contributed by atoms with Gasteiger partial charge < -0.3 is 15.4 Å². The van der Waals surface area contributed by atoms with Crippen molar-refractivity contribution in [1.82, 2.24) is 15.4 Å². The Labute approximate surface area is 187 Å². The Morgan fingerprint density at radius 2 is 1.93 bits per heavy atom. The van der Waals surface area contributed by atoms with Gasteiger partial charge in [0.15, 0.2) is 5.11 Å². The van der Waals surface area contributed by atoms with E-state index in [2.05, 4.69) is 15.4 Å². The predicted molar refractivity (Wildman–Crippen MR) is 122 cm³/mol. The summed E-state index contributed by atoms with van der Waals surface area (Å²) in [5.74, 6) is 0.0950. The van der Waals surface area contributed by atoms with Crippen LogP contribution in [0.5, 0.6) is 5.75 Å². The van der Waals surface area contributed by atoms with E-state index in [1.165, 1.54) is 13.2 Å². The molecule has 0 saturated carbocycles. The van der Waals surface area contributed by atoms with Crippen LogP contribution in [-0.4, -0.2) is 40.1 Å². The highest BCUT2D eigenvalue weighted by molar-refractivity contribution is 7.91. The van der Waals surface area contributed by atoms with E-state index >= 15 is 0 Å². The fraction of sp³-hybridized carbons (Fsp3) is 0.300. The van der Waals surface area contributed by atoms with E-state index in [-0.39, 0.29) is 15.9 Å². The summed E-state index contributed by atoms with van der Waals surface area (Å²) in [6.07, 6.45) is 0.992. The van der Waals surface area contributed by atoms with E-state index in [9.17, 15) is 13.2 Å². The average Bonchev–Trinajstić information content (AvgIpc) is 2.73. The lowest BCUT2D eigenvalue weighted by Crippen LogP contribution is -2.37. The highest BCUT2D eigenvalue weighted by Gasteiger charge is 2.19. The van der Waals surface area contributed by atoms with Crippen LogP contribution in [-0.2, 0) is 22.9 Å². The molecule has 0 aliphatic heterocycles. The van der Waals surface area contributed by atoms with Crippen molar-refractivity contribution in [1.29, 1.82) is 0 Å². The number of benzene rings is 2. The van der Waals surface area contributed by atoms with Gasteiger partial charge in [-0.2, -0.15) is 0 Å². The Morgan fingerprint density at radius 3 is 2.57 bits per heavy atom. The Balaban J connectivity index is 2.14. The van der Waals surface area contributed by atoms with Gasteiger partial charge in [0.2, 0.25) is 0 Å². The van der Waals surface area contributed by atoms with Crippen LogP contribution in [0.3, 0.4) is 0 Å². The number of aryl methyl sites for hydroxylation is 1. The average molecular weight is 470 g/mol. The summed E-state index contributed by atoms with van der Waals surface area (Å²) in [4.78, 5) is 12.6. The summed E-state index contributed by atoms with van der Waals surface area (Å²) in [5.41, 5.74) is 1.78. The molecule has 0 aliphatic carbocycles. The SMILES string of the molecule is CCc1ccc(CCNC(=O)c2cc(Cl)ccc2OC)cc1S(=O)(=O)NC(=S)NC. The Hall–Kier alpha value is -2.36. The van der Waals surface area contributed by atoms with Crippen LogP contribution in [0, 0.1) is 0 Å². The van der Waals surface area contributed by atoms with Crippen molar-refractivity contribution >= 4 is 44.9 Å². The van der Waals surface area contributed by atoms with Crippen molar-refractivity contribution in [3.8, 4) is 5.75 Å². The van der Waals surface area contributed by atoms with Gasteiger partial charge in [0, 0.05) is 18.6 Å². The molecule has 0 bridgehead atoms. The van der Waals surface area contributed by atoms with E-state index in [1.807, 2.05) is 13.0 Å². The molecule has 2 aromatic rings. The minimum atomic E-state index is -3.81. The summed E-state index contributed by atoms with van der Waals surface area (Å²) < 4.78 is 32.9. The molecule has 30 heavy (non-hydrogen) atoms. The Bertz CT molecular complexity index is 1040. The number of sulfonamides is 1. The van der Waals surface area contributed by atoms with Crippen molar-refractivity contribution < 1.29 is 17.9 Å². The minimum Gasteiger partial charge on any atom is -0.496 e. The number of hydrogen-bond acceptors (Lipinski definition) is 5. The van der Waals surface area contributed by atoms with Gasteiger partial charge in [-0.15, -0.1) is 0 Å². The minimum absolute atomic E-state index is 0.0187. The molecule has 2 aromatic carbocycles. The molecule has 0 heterocycles. The van der Waals surface area contributed by atoms with Crippen molar-refractivity contribution in [2.45, 2.75) is 24.7 Å². The number of rotatable bonds is 8. The van der Waals surface area contributed by atoms with Gasteiger partial charge in [0.1, 0.15) is 5.75 Å². The molecular weight excluding hydrogens is 446 g/mol. The van der Waals surface area contributed by atoms with E-state index in [4.69, 9.17) is 28.6 Å². The first-order valence-electron chi connectivity index (χ1n) is 9.20. The number of methoxy groups -OCH3 is 1. The molecular formula is C20H24ClN3O4S2. The van der Waals surface area contributed by atoms with Crippen LogP contribution in [0.1, 0.15) is 28.4 Å². The molecule has 0 saturated heterocycles. The van der Waals surface area contributed by atoms with Crippen LogP contribution >= 0.6 is 23.8 Å². The fourth-order valence-corrected chi connectivity index (χ4v) is 4.62. The second kappa shape index (κ2) is 10.6. The van der Waals surface area contributed by atoms with Gasteiger partial charge in [-0.25, -0.2) is 8.42 Å². The highest BCUT2D eigenvalue weighted by Crippen LogP contribution is 2.23. The van der Waals surface area contributed by atoms with Crippen molar-refractivity contribution in [3.05, 3.63) is 58.1 Å².